The zero-order valence-corrected chi connectivity index (χ0v) is 11.3. The van der Waals surface area contributed by atoms with Crippen LogP contribution in [0.4, 0.5) is 10.1 Å². The topological polar surface area (TPSA) is 72.7 Å². The Balaban J connectivity index is 2.29. The van der Waals surface area contributed by atoms with Crippen molar-refractivity contribution in [1.29, 1.82) is 0 Å². The average Bonchev–Trinajstić information content (AvgIpc) is 2.37. The molecule has 6 nitrogen and oxygen atoms in total. The summed E-state index contributed by atoms with van der Waals surface area (Å²) in [6, 6.07) is 3.19. The number of nitrogens with zero attached hydrogens (tertiary/aromatic N) is 2. The van der Waals surface area contributed by atoms with Crippen LogP contribution < -0.4 is 0 Å². The van der Waals surface area contributed by atoms with Crippen molar-refractivity contribution in [2.24, 2.45) is 0 Å². The fraction of sp³-hybridized carbons (Fsp3) is 0.462. The van der Waals surface area contributed by atoms with E-state index in [9.17, 15) is 19.3 Å². The minimum atomic E-state index is -1.01. The highest BCUT2D eigenvalue weighted by molar-refractivity contribution is 5.95. The van der Waals surface area contributed by atoms with Gasteiger partial charge in [-0.1, -0.05) is 0 Å². The van der Waals surface area contributed by atoms with E-state index in [-0.39, 0.29) is 11.5 Å². The number of nitro benzene ring substituents is 1. The van der Waals surface area contributed by atoms with Crippen molar-refractivity contribution in [3.05, 3.63) is 39.7 Å². The smallest absolute Gasteiger partial charge is 0.304 e. The predicted octanol–water partition coefficient (Wildman–Crippen LogP) is 1.98. The van der Waals surface area contributed by atoms with E-state index in [1.807, 2.05) is 13.8 Å². The van der Waals surface area contributed by atoms with Gasteiger partial charge in [0.15, 0.2) is 0 Å². The van der Waals surface area contributed by atoms with E-state index in [4.69, 9.17) is 4.74 Å². The van der Waals surface area contributed by atoms with Gasteiger partial charge in [-0.25, -0.2) is 0 Å². The van der Waals surface area contributed by atoms with Gasteiger partial charge in [0.25, 0.3) is 5.91 Å². The van der Waals surface area contributed by atoms with Crippen LogP contribution in [0.5, 0.6) is 0 Å². The van der Waals surface area contributed by atoms with Crippen molar-refractivity contribution >= 4 is 11.6 Å². The molecule has 0 aromatic heterocycles. The second kappa shape index (κ2) is 5.16. The number of hydrogen-bond acceptors (Lipinski definition) is 4. The van der Waals surface area contributed by atoms with E-state index in [1.54, 1.807) is 4.90 Å². The molecule has 1 aliphatic heterocycles. The Hall–Kier alpha value is -2.02. The molecule has 0 spiro atoms. The van der Waals surface area contributed by atoms with E-state index in [1.165, 1.54) is 6.07 Å². The summed E-state index contributed by atoms with van der Waals surface area (Å²) >= 11 is 0. The zero-order chi connectivity index (χ0) is 14.9. The van der Waals surface area contributed by atoms with Crippen molar-refractivity contribution in [2.45, 2.75) is 19.4 Å². The summed E-state index contributed by atoms with van der Waals surface area (Å²) in [7, 11) is 0. The largest absolute Gasteiger partial charge is 0.377 e. The lowest BCUT2D eigenvalue weighted by atomic mass is 10.0. The highest BCUT2D eigenvalue weighted by atomic mass is 19.1. The maximum absolute atomic E-state index is 13.6. The van der Waals surface area contributed by atoms with E-state index in [0.717, 1.165) is 12.1 Å². The molecule has 2 rings (SSSR count). The quantitative estimate of drug-likeness (QED) is 0.614. The SMILES string of the molecule is CC1(C)COCCN1C(=O)c1ccc([N+](=O)[O-])c(F)c1. The molecule has 1 amide bonds. The van der Waals surface area contributed by atoms with Crippen LogP contribution in [0.3, 0.4) is 0 Å². The minimum Gasteiger partial charge on any atom is -0.377 e. The van der Waals surface area contributed by atoms with E-state index in [0.29, 0.717) is 19.8 Å². The summed E-state index contributed by atoms with van der Waals surface area (Å²) in [6.45, 7) is 4.93. The van der Waals surface area contributed by atoms with Crippen LogP contribution in [-0.4, -0.2) is 41.0 Å². The third-order valence-corrected chi connectivity index (χ3v) is 3.28. The number of carbonyl (C=O) groups excluding carboxylic acids is 1. The molecule has 0 saturated carbocycles. The van der Waals surface area contributed by atoms with Crippen LogP contribution in [0.15, 0.2) is 18.2 Å². The maximum Gasteiger partial charge on any atom is 0.304 e. The van der Waals surface area contributed by atoms with E-state index in [2.05, 4.69) is 0 Å². The van der Waals surface area contributed by atoms with Crippen LogP contribution in [0.1, 0.15) is 24.2 Å². The standard InChI is InChI=1S/C13H15FN2O4/c1-13(2)8-20-6-5-15(13)12(17)9-3-4-11(16(18)19)10(14)7-9/h3-4,7H,5-6,8H2,1-2H3. The molecule has 108 valence electrons. The van der Waals surface area contributed by atoms with Crippen molar-refractivity contribution in [3.8, 4) is 0 Å². The summed E-state index contributed by atoms with van der Waals surface area (Å²) in [5.74, 6) is -1.36. The number of hydrogen-bond donors (Lipinski definition) is 0. The van der Waals surface area contributed by atoms with Gasteiger partial charge in [-0.3, -0.25) is 14.9 Å². The van der Waals surface area contributed by atoms with Gasteiger partial charge < -0.3 is 9.64 Å². The summed E-state index contributed by atoms with van der Waals surface area (Å²) in [6.07, 6.45) is 0. The number of rotatable bonds is 2. The van der Waals surface area contributed by atoms with Gasteiger partial charge in [-0.2, -0.15) is 4.39 Å². The Bertz CT molecular complexity index is 559. The molecule has 0 atom stereocenters. The maximum atomic E-state index is 13.6. The van der Waals surface area contributed by atoms with Gasteiger partial charge in [0, 0.05) is 18.2 Å². The first-order chi connectivity index (χ1) is 9.33. The Kier molecular flexibility index (Phi) is 3.71. The minimum absolute atomic E-state index is 0.100. The van der Waals surface area contributed by atoms with Gasteiger partial charge >= 0.3 is 5.69 Å². The van der Waals surface area contributed by atoms with Crippen LogP contribution in [0.2, 0.25) is 0 Å². The highest BCUT2D eigenvalue weighted by Crippen LogP contribution is 2.24. The average molecular weight is 282 g/mol. The van der Waals surface area contributed by atoms with Crippen molar-refractivity contribution in [2.75, 3.05) is 19.8 Å². The Morgan fingerprint density at radius 1 is 1.50 bits per heavy atom. The Morgan fingerprint density at radius 2 is 2.20 bits per heavy atom. The third kappa shape index (κ3) is 2.62. The van der Waals surface area contributed by atoms with E-state index >= 15 is 0 Å². The monoisotopic (exact) mass is 282 g/mol. The number of amides is 1. The number of morpholine rings is 1. The number of halogens is 1. The van der Waals surface area contributed by atoms with Crippen LogP contribution >= 0.6 is 0 Å². The van der Waals surface area contributed by atoms with Crippen LogP contribution in [0.25, 0.3) is 0 Å². The second-order valence-corrected chi connectivity index (χ2v) is 5.25. The molecule has 1 aromatic carbocycles. The molecule has 0 bridgehead atoms. The molecular weight excluding hydrogens is 267 g/mol. The Morgan fingerprint density at radius 3 is 2.75 bits per heavy atom. The van der Waals surface area contributed by atoms with Crippen molar-refractivity contribution in [3.63, 3.8) is 0 Å². The summed E-state index contributed by atoms with van der Waals surface area (Å²) in [5.41, 5.74) is -1.03. The normalized spacial score (nSPS) is 17.9. The molecule has 0 aliphatic carbocycles. The van der Waals surface area contributed by atoms with Crippen LogP contribution in [-0.2, 0) is 4.74 Å². The molecule has 1 heterocycles. The lowest BCUT2D eigenvalue weighted by molar-refractivity contribution is -0.387. The lowest BCUT2D eigenvalue weighted by Gasteiger charge is -2.42. The van der Waals surface area contributed by atoms with Gasteiger partial charge in [-0.15, -0.1) is 0 Å². The first kappa shape index (κ1) is 14.4. The molecule has 1 saturated heterocycles. The summed E-state index contributed by atoms with van der Waals surface area (Å²) < 4.78 is 18.9. The molecule has 1 aromatic rings. The highest BCUT2D eigenvalue weighted by Gasteiger charge is 2.35. The molecule has 0 radical (unpaired) electrons. The zero-order valence-electron chi connectivity index (χ0n) is 11.3. The number of benzene rings is 1. The second-order valence-electron chi connectivity index (χ2n) is 5.25. The van der Waals surface area contributed by atoms with Gasteiger partial charge in [0.1, 0.15) is 0 Å². The fourth-order valence-corrected chi connectivity index (χ4v) is 2.18. The van der Waals surface area contributed by atoms with Gasteiger partial charge in [0.2, 0.25) is 5.82 Å². The number of carbonyl (C=O) groups is 1. The molecule has 1 aliphatic rings. The lowest BCUT2D eigenvalue weighted by Crippen LogP contribution is -2.55. The number of nitro groups is 1. The van der Waals surface area contributed by atoms with Crippen molar-refractivity contribution in [1.82, 2.24) is 4.90 Å². The van der Waals surface area contributed by atoms with Crippen molar-refractivity contribution < 1.29 is 18.8 Å². The summed E-state index contributed by atoms with van der Waals surface area (Å²) in [4.78, 5) is 23.7. The third-order valence-electron chi connectivity index (χ3n) is 3.28. The molecule has 1 fully saturated rings. The van der Waals surface area contributed by atoms with Crippen LogP contribution in [0, 0.1) is 15.9 Å². The molecular formula is C13H15FN2O4. The van der Waals surface area contributed by atoms with Gasteiger partial charge in [0.05, 0.1) is 23.7 Å². The predicted molar refractivity (Wildman–Crippen MR) is 69.0 cm³/mol. The number of ether oxygens (including phenoxy) is 1. The van der Waals surface area contributed by atoms with Gasteiger partial charge in [-0.05, 0) is 26.0 Å². The first-order valence-electron chi connectivity index (χ1n) is 6.16. The van der Waals surface area contributed by atoms with E-state index < -0.39 is 22.0 Å². The Labute approximate surface area is 115 Å². The molecule has 0 N–H and O–H groups in total. The molecule has 20 heavy (non-hydrogen) atoms. The first-order valence-corrected chi connectivity index (χ1v) is 6.16. The fourth-order valence-electron chi connectivity index (χ4n) is 2.18. The molecule has 7 heteroatoms. The summed E-state index contributed by atoms with van der Waals surface area (Å²) in [5, 5.41) is 10.6. The molecule has 0 unspecified atom stereocenters.